The lowest BCUT2D eigenvalue weighted by Crippen LogP contribution is -2.40. The fraction of sp³-hybridized carbons (Fsp3) is 0.258. The molecule has 41 heavy (non-hydrogen) atoms. The molecule has 0 spiro atoms. The van der Waals surface area contributed by atoms with Crippen LogP contribution in [0.4, 0.5) is 0 Å². The molecule has 1 aromatic heterocycles. The van der Waals surface area contributed by atoms with Crippen LogP contribution in [0.1, 0.15) is 37.4 Å². The maximum atomic E-state index is 13.9. The Hall–Kier alpha value is -3.89. The van der Waals surface area contributed by atoms with Gasteiger partial charge in [0.25, 0.3) is 5.56 Å². The van der Waals surface area contributed by atoms with E-state index in [-0.39, 0.29) is 24.9 Å². The van der Waals surface area contributed by atoms with E-state index in [4.69, 9.17) is 18.9 Å². The third kappa shape index (κ3) is 5.41. The van der Waals surface area contributed by atoms with Crippen LogP contribution in [0.25, 0.3) is 6.08 Å². The highest BCUT2D eigenvalue weighted by Gasteiger charge is 2.34. The number of esters is 1. The highest BCUT2D eigenvalue weighted by Crippen LogP contribution is 2.38. The molecule has 2 aliphatic heterocycles. The minimum Gasteiger partial charge on any atom is -0.488 e. The molecule has 0 fully saturated rings. The fourth-order valence-electron chi connectivity index (χ4n) is 5.05. The van der Waals surface area contributed by atoms with E-state index in [0.717, 1.165) is 15.8 Å². The predicted octanol–water partition coefficient (Wildman–Crippen LogP) is 4.88. The smallest absolute Gasteiger partial charge is 0.338 e. The van der Waals surface area contributed by atoms with Crippen molar-refractivity contribution in [3.63, 3.8) is 0 Å². The Labute approximate surface area is 248 Å². The Bertz CT molecular complexity index is 1790. The van der Waals surface area contributed by atoms with E-state index in [0.29, 0.717) is 50.7 Å². The Morgan fingerprint density at radius 1 is 1.20 bits per heavy atom. The van der Waals surface area contributed by atoms with Crippen LogP contribution in [0, 0.1) is 5.92 Å². The largest absolute Gasteiger partial charge is 0.488 e. The van der Waals surface area contributed by atoms with Crippen molar-refractivity contribution >= 4 is 39.3 Å². The molecule has 8 nitrogen and oxygen atoms in total. The van der Waals surface area contributed by atoms with Crippen molar-refractivity contribution in [3.05, 3.63) is 113 Å². The number of thiazole rings is 1. The predicted molar refractivity (Wildman–Crippen MR) is 158 cm³/mol. The van der Waals surface area contributed by atoms with Crippen molar-refractivity contribution in [1.29, 1.82) is 0 Å². The fourth-order valence-corrected chi connectivity index (χ4v) is 6.77. The van der Waals surface area contributed by atoms with Crippen LogP contribution in [-0.2, 0) is 20.9 Å². The number of carbonyl (C=O) groups is 1. The van der Waals surface area contributed by atoms with E-state index in [1.807, 2.05) is 60.7 Å². The van der Waals surface area contributed by atoms with Crippen molar-refractivity contribution < 1.29 is 23.7 Å². The van der Waals surface area contributed by atoms with Crippen LogP contribution < -0.4 is 24.4 Å². The van der Waals surface area contributed by atoms with E-state index < -0.39 is 12.0 Å². The summed E-state index contributed by atoms with van der Waals surface area (Å²) in [7, 11) is 0. The van der Waals surface area contributed by atoms with Gasteiger partial charge in [0.15, 0.2) is 16.3 Å². The SMILES string of the molecule is CCOC(=O)C1=C(C)N=c2s/c(=C\[C@@H]3C=CC(OCc4ccccc4)=C(Br)C3)c(=O)n2[C@H]1c1ccc2c(c1)OCO2. The van der Waals surface area contributed by atoms with E-state index >= 15 is 0 Å². The van der Waals surface area contributed by atoms with Gasteiger partial charge < -0.3 is 18.9 Å². The van der Waals surface area contributed by atoms with Gasteiger partial charge in [0.2, 0.25) is 6.79 Å². The summed E-state index contributed by atoms with van der Waals surface area (Å²) >= 11 is 4.98. The zero-order valence-corrected chi connectivity index (χ0v) is 24.9. The number of halogens is 1. The minimum atomic E-state index is -0.714. The molecule has 0 saturated carbocycles. The summed E-state index contributed by atoms with van der Waals surface area (Å²) in [5.41, 5.74) is 2.43. The standard InChI is InChI=1S/C31H27BrN2O6S/c1-3-37-30(36)27-18(2)33-31-34(28(27)21-10-12-24-25(15-21)40-17-39-24)29(35)26(41-31)14-20-9-11-23(22(32)13-20)38-16-19-7-5-4-6-8-19/h4-12,14-15,20,28H,3,13,16-17H2,1-2H3/b26-14-/t20-,28+/m1/s1. The second-order valence-electron chi connectivity index (χ2n) is 9.71. The summed E-state index contributed by atoms with van der Waals surface area (Å²) in [6, 6.07) is 14.7. The van der Waals surface area contributed by atoms with Crippen LogP contribution >= 0.6 is 27.3 Å². The summed E-state index contributed by atoms with van der Waals surface area (Å²) in [6.45, 7) is 4.33. The number of benzene rings is 2. The molecule has 1 aliphatic carbocycles. The summed E-state index contributed by atoms with van der Waals surface area (Å²) in [5.74, 6) is 1.44. The first kappa shape index (κ1) is 27.3. The number of allylic oxidation sites excluding steroid dienone is 4. The molecule has 0 N–H and O–H groups in total. The molecule has 0 bridgehead atoms. The van der Waals surface area contributed by atoms with Crippen LogP contribution in [0.15, 0.2) is 92.0 Å². The van der Waals surface area contributed by atoms with Crippen molar-refractivity contribution in [2.45, 2.75) is 32.9 Å². The van der Waals surface area contributed by atoms with Crippen LogP contribution in [-0.4, -0.2) is 23.9 Å². The number of rotatable bonds is 7. The molecule has 3 aliphatic rings. The lowest BCUT2D eigenvalue weighted by Gasteiger charge is -2.24. The van der Waals surface area contributed by atoms with Gasteiger partial charge in [-0.05, 0) is 49.6 Å². The maximum absolute atomic E-state index is 13.9. The van der Waals surface area contributed by atoms with Crippen molar-refractivity contribution in [1.82, 2.24) is 4.57 Å². The molecular formula is C31H27BrN2O6S. The van der Waals surface area contributed by atoms with Gasteiger partial charge in [0.1, 0.15) is 12.4 Å². The lowest BCUT2D eigenvalue weighted by molar-refractivity contribution is -0.139. The normalized spacial score (nSPS) is 19.7. The third-order valence-electron chi connectivity index (χ3n) is 7.01. The first-order valence-corrected chi connectivity index (χ1v) is 14.9. The highest BCUT2D eigenvalue weighted by atomic mass is 79.9. The molecule has 2 atom stereocenters. The molecule has 0 saturated heterocycles. The Kier molecular flexibility index (Phi) is 7.68. The molecule has 2 aromatic carbocycles. The number of nitrogens with zero attached hydrogens (tertiary/aromatic N) is 2. The Morgan fingerprint density at radius 2 is 2.00 bits per heavy atom. The van der Waals surface area contributed by atoms with Gasteiger partial charge >= 0.3 is 5.97 Å². The second-order valence-corrected chi connectivity index (χ2v) is 11.7. The van der Waals surface area contributed by atoms with Gasteiger partial charge in [-0.1, -0.05) is 75.8 Å². The van der Waals surface area contributed by atoms with E-state index in [1.54, 1.807) is 24.5 Å². The summed E-state index contributed by atoms with van der Waals surface area (Å²) in [6.07, 6.45) is 6.58. The number of fused-ring (bicyclic) bond motifs is 2. The number of aromatic nitrogens is 1. The molecular weight excluding hydrogens is 608 g/mol. The Balaban J connectivity index is 1.34. The second kappa shape index (κ2) is 11.5. The number of hydrogen-bond donors (Lipinski definition) is 0. The van der Waals surface area contributed by atoms with Gasteiger partial charge in [-0.3, -0.25) is 9.36 Å². The quantitative estimate of drug-likeness (QED) is 0.344. The topological polar surface area (TPSA) is 88.4 Å². The maximum Gasteiger partial charge on any atom is 0.338 e. The summed E-state index contributed by atoms with van der Waals surface area (Å²) in [5, 5.41) is 0. The van der Waals surface area contributed by atoms with Gasteiger partial charge in [0.05, 0.1) is 28.5 Å². The van der Waals surface area contributed by atoms with Gasteiger partial charge in [-0.15, -0.1) is 0 Å². The van der Waals surface area contributed by atoms with Gasteiger partial charge in [0, 0.05) is 10.4 Å². The van der Waals surface area contributed by atoms with Crippen molar-refractivity contribution in [2.75, 3.05) is 13.4 Å². The van der Waals surface area contributed by atoms with Crippen LogP contribution in [0.5, 0.6) is 11.5 Å². The summed E-state index contributed by atoms with van der Waals surface area (Å²) in [4.78, 5) is 32.2. The van der Waals surface area contributed by atoms with Crippen molar-refractivity contribution in [2.24, 2.45) is 10.9 Å². The van der Waals surface area contributed by atoms with Crippen LogP contribution in [0.3, 0.4) is 0 Å². The zero-order chi connectivity index (χ0) is 28.5. The van der Waals surface area contributed by atoms with E-state index in [2.05, 4.69) is 20.9 Å². The van der Waals surface area contributed by atoms with Gasteiger partial charge in [-0.2, -0.15) is 0 Å². The highest BCUT2D eigenvalue weighted by molar-refractivity contribution is 9.11. The average Bonchev–Trinajstić information content (AvgIpc) is 3.56. The van der Waals surface area contributed by atoms with E-state index in [9.17, 15) is 9.59 Å². The monoisotopic (exact) mass is 634 g/mol. The first-order valence-electron chi connectivity index (χ1n) is 13.3. The first-order chi connectivity index (χ1) is 19.9. The number of hydrogen-bond acceptors (Lipinski definition) is 8. The molecule has 3 heterocycles. The molecule has 10 heteroatoms. The summed E-state index contributed by atoms with van der Waals surface area (Å²) < 4.78 is 25.5. The molecule has 0 amide bonds. The lowest BCUT2D eigenvalue weighted by atomic mass is 9.95. The Morgan fingerprint density at radius 3 is 2.78 bits per heavy atom. The van der Waals surface area contributed by atoms with Gasteiger partial charge in [-0.25, -0.2) is 9.79 Å². The third-order valence-corrected chi connectivity index (χ3v) is 8.72. The molecule has 3 aromatic rings. The zero-order valence-electron chi connectivity index (χ0n) is 22.5. The van der Waals surface area contributed by atoms with E-state index in [1.165, 1.54) is 11.3 Å². The number of ether oxygens (including phenoxy) is 4. The molecule has 210 valence electrons. The molecule has 6 rings (SSSR count). The number of carbonyl (C=O) groups excluding carboxylic acids is 1. The van der Waals surface area contributed by atoms with Crippen LogP contribution in [0.2, 0.25) is 0 Å². The molecule has 0 radical (unpaired) electrons. The minimum absolute atomic E-state index is 0.0237. The molecule has 0 unspecified atom stereocenters. The average molecular weight is 636 g/mol. The van der Waals surface area contributed by atoms with Crippen molar-refractivity contribution in [3.8, 4) is 11.5 Å².